The average Bonchev–Trinajstić information content (AvgIpc) is 3.34. The molecule has 1 aliphatic heterocycles. The molecule has 1 heterocycles. The molecular formula is C24H26N2O4S2. The van der Waals surface area contributed by atoms with Crippen LogP contribution in [0.15, 0.2) is 83.8 Å². The van der Waals surface area contributed by atoms with Crippen LogP contribution in [0.5, 0.6) is 5.75 Å². The van der Waals surface area contributed by atoms with E-state index in [2.05, 4.69) is 5.32 Å². The number of thioether (sulfide) groups is 1. The maximum atomic E-state index is 13.3. The number of ether oxygens (including phenoxy) is 1. The topological polar surface area (TPSA) is 75.7 Å². The summed E-state index contributed by atoms with van der Waals surface area (Å²) >= 11 is 1.33. The van der Waals surface area contributed by atoms with E-state index in [-0.39, 0.29) is 18.8 Å². The van der Waals surface area contributed by atoms with Crippen molar-refractivity contribution in [2.45, 2.75) is 16.8 Å². The summed E-state index contributed by atoms with van der Waals surface area (Å²) in [6.45, 7) is 0.555. The summed E-state index contributed by atoms with van der Waals surface area (Å²) in [7, 11) is -2.23. The molecule has 1 fully saturated rings. The Hall–Kier alpha value is -2.81. The summed E-state index contributed by atoms with van der Waals surface area (Å²) in [5, 5.41) is 2.05. The zero-order chi connectivity index (χ0) is 22.6. The first kappa shape index (κ1) is 22.4. The molecule has 0 aliphatic carbocycles. The van der Waals surface area contributed by atoms with E-state index in [1.807, 2.05) is 54.6 Å². The zero-order valence-electron chi connectivity index (χ0n) is 17.6. The molecule has 168 valence electrons. The molecule has 32 heavy (non-hydrogen) atoms. The molecule has 8 heteroatoms. The number of para-hydroxylation sites is 1. The fourth-order valence-electron chi connectivity index (χ4n) is 3.61. The lowest BCUT2D eigenvalue weighted by molar-refractivity contribution is -0.122. The number of amides is 1. The molecule has 1 N–H and O–H groups in total. The third kappa shape index (κ3) is 4.67. The molecule has 1 aliphatic rings. The van der Waals surface area contributed by atoms with Crippen LogP contribution >= 0.6 is 11.8 Å². The van der Waals surface area contributed by atoms with Crippen molar-refractivity contribution in [3.63, 3.8) is 0 Å². The minimum Gasteiger partial charge on any atom is -0.496 e. The van der Waals surface area contributed by atoms with Crippen LogP contribution in [0.25, 0.3) is 11.1 Å². The minimum absolute atomic E-state index is 0. The van der Waals surface area contributed by atoms with Gasteiger partial charge in [-0.05, 0) is 29.3 Å². The Kier molecular flexibility index (Phi) is 6.83. The second kappa shape index (κ2) is 9.77. The summed E-state index contributed by atoms with van der Waals surface area (Å²) in [4.78, 5) is 13.0. The summed E-state index contributed by atoms with van der Waals surface area (Å²) in [6.07, 6.45) is 0. The predicted octanol–water partition coefficient (Wildman–Crippen LogP) is 3.99. The van der Waals surface area contributed by atoms with Crippen molar-refractivity contribution in [1.82, 2.24) is 9.62 Å². The van der Waals surface area contributed by atoms with E-state index in [1.54, 1.807) is 31.4 Å². The highest BCUT2D eigenvalue weighted by Crippen LogP contribution is 2.31. The fraction of sp³-hybridized carbons (Fsp3) is 0.208. The van der Waals surface area contributed by atoms with E-state index in [0.29, 0.717) is 18.0 Å². The zero-order valence-corrected chi connectivity index (χ0v) is 19.2. The minimum atomic E-state index is -3.80. The first-order valence-electron chi connectivity index (χ1n) is 10.2. The van der Waals surface area contributed by atoms with Crippen LogP contribution in [0.1, 0.15) is 6.99 Å². The normalized spacial score (nSPS) is 16.6. The van der Waals surface area contributed by atoms with Gasteiger partial charge in [0.1, 0.15) is 11.1 Å². The van der Waals surface area contributed by atoms with Crippen LogP contribution in [0.3, 0.4) is 0 Å². The molecule has 6 nitrogen and oxygen atoms in total. The van der Waals surface area contributed by atoms with Crippen molar-refractivity contribution in [1.29, 1.82) is 0 Å². The summed E-state index contributed by atoms with van der Waals surface area (Å²) in [6, 6.07) is 24.0. The number of nitrogens with one attached hydrogen (secondary N) is 1. The van der Waals surface area contributed by atoms with Gasteiger partial charge in [-0.15, -0.1) is 11.8 Å². The number of hydrogen-bond acceptors (Lipinski definition) is 5. The SMILES string of the molecule is COc1ccccc1CNC(=O)C1SCCN1S(=O)(=O)c1ccc(-c2ccccc2)cc1.[HH]. The summed E-state index contributed by atoms with van der Waals surface area (Å²) < 4.78 is 33.2. The van der Waals surface area contributed by atoms with E-state index in [0.717, 1.165) is 16.7 Å². The van der Waals surface area contributed by atoms with Gasteiger partial charge in [-0.25, -0.2) is 8.42 Å². The van der Waals surface area contributed by atoms with Gasteiger partial charge in [-0.1, -0.05) is 60.7 Å². The standard InChI is InChI=1S/C24H24N2O4S2.H2/c1-30-22-10-6-5-9-20(22)17-25-23(27)24-26(15-16-31-24)32(28,29)21-13-11-19(12-14-21)18-7-3-2-4-8-18;/h2-14,24H,15-17H2,1H3,(H,25,27);1H. The number of benzene rings is 3. The molecule has 0 aromatic heterocycles. The number of rotatable bonds is 7. The van der Waals surface area contributed by atoms with Crippen LogP contribution in [0.4, 0.5) is 0 Å². The monoisotopic (exact) mass is 470 g/mol. The van der Waals surface area contributed by atoms with Gasteiger partial charge in [0.25, 0.3) is 0 Å². The van der Waals surface area contributed by atoms with E-state index >= 15 is 0 Å². The quantitative estimate of drug-likeness (QED) is 0.565. The van der Waals surface area contributed by atoms with Crippen molar-refractivity contribution in [3.05, 3.63) is 84.4 Å². The molecule has 4 rings (SSSR count). The Labute approximate surface area is 194 Å². The molecule has 1 saturated heterocycles. The Morgan fingerprint density at radius 2 is 1.69 bits per heavy atom. The molecule has 0 saturated carbocycles. The molecule has 1 amide bonds. The largest absolute Gasteiger partial charge is 0.496 e. The van der Waals surface area contributed by atoms with Gasteiger partial charge in [0.15, 0.2) is 0 Å². The highest BCUT2D eigenvalue weighted by atomic mass is 32.2. The number of sulfonamides is 1. The van der Waals surface area contributed by atoms with Crippen LogP contribution in [-0.2, 0) is 21.4 Å². The smallest absolute Gasteiger partial charge is 0.249 e. The molecular weight excluding hydrogens is 444 g/mol. The van der Waals surface area contributed by atoms with Crippen molar-refractivity contribution in [2.24, 2.45) is 0 Å². The number of carbonyl (C=O) groups excluding carboxylic acids is 1. The highest BCUT2D eigenvalue weighted by Gasteiger charge is 2.40. The van der Waals surface area contributed by atoms with Gasteiger partial charge in [-0.3, -0.25) is 4.79 Å². The lowest BCUT2D eigenvalue weighted by atomic mass is 10.1. The van der Waals surface area contributed by atoms with Crippen molar-refractivity contribution < 1.29 is 19.4 Å². The lowest BCUT2D eigenvalue weighted by Gasteiger charge is -2.23. The lowest BCUT2D eigenvalue weighted by Crippen LogP contribution is -2.44. The molecule has 1 unspecified atom stereocenters. The number of carbonyl (C=O) groups is 1. The molecule has 0 bridgehead atoms. The van der Waals surface area contributed by atoms with Crippen LogP contribution in [0, 0.1) is 0 Å². The highest BCUT2D eigenvalue weighted by molar-refractivity contribution is 8.02. The molecule has 3 aromatic carbocycles. The summed E-state index contributed by atoms with van der Waals surface area (Å²) in [5.41, 5.74) is 2.78. The van der Waals surface area contributed by atoms with Gasteiger partial charge in [-0.2, -0.15) is 4.31 Å². The first-order valence-corrected chi connectivity index (χ1v) is 12.7. The number of nitrogens with zero attached hydrogens (tertiary/aromatic N) is 1. The Morgan fingerprint density at radius 1 is 1.03 bits per heavy atom. The van der Waals surface area contributed by atoms with Crippen LogP contribution in [-0.4, -0.2) is 43.4 Å². The maximum absolute atomic E-state index is 13.3. The second-order valence-corrected chi connectivity index (χ2v) is 10.3. The predicted molar refractivity (Wildman–Crippen MR) is 129 cm³/mol. The third-order valence-corrected chi connectivity index (χ3v) is 8.50. The molecule has 0 radical (unpaired) electrons. The van der Waals surface area contributed by atoms with Crippen molar-refractivity contribution >= 4 is 27.7 Å². The average molecular weight is 471 g/mol. The van der Waals surface area contributed by atoms with Crippen LogP contribution < -0.4 is 10.1 Å². The van der Waals surface area contributed by atoms with Gasteiger partial charge < -0.3 is 10.1 Å². The third-order valence-electron chi connectivity index (χ3n) is 5.29. The van der Waals surface area contributed by atoms with Crippen molar-refractivity contribution in [3.8, 4) is 16.9 Å². The van der Waals surface area contributed by atoms with Gasteiger partial charge in [0, 0.05) is 25.8 Å². The number of hydrogen-bond donors (Lipinski definition) is 1. The van der Waals surface area contributed by atoms with E-state index < -0.39 is 15.4 Å². The first-order chi connectivity index (χ1) is 15.5. The molecule has 0 spiro atoms. The van der Waals surface area contributed by atoms with Crippen LogP contribution in [0.2, 0.25) is 0 Å². The Balaban J connectivity index is 0.00000306. The van der Waals surface area contributed by atoms with Gasteiger partial charge in [0.2, 0.25) is 15.9 Å². The van der Waals surface area contributed by atoms with Crippen molar-refractivity contribution in [2.75, 3.05) is 19.4 Å². The van der Waals surface area contributed by atoms with E-state index in [9.17, 15) is 13.2 Å². The molecule has 1 atom stereocenters. The van der Waals surface area contributed by atoms with E-state index in [4.69, 9.17) is 4.74 Å². The van der Waals surface area contributed by atoms with Gasteiger partial charge in [0.05, 0.1) is 12.0 Å². The number of methoxy groups -OCH3 is 1. The Morgan fingerprint density at radius 3 is 2.41 bits per heavy atom. The fourth-order valence-corrected chi connectivity index (χ4v) is 6.71. The maximum Gasteiger partial charge on any atom is 0.249 e. The molecule has 3 aromatic rings. The second-order valence-electron chi connectivity index (χ2n) is 7.26. The Bertz CT molecular complexity index is 1190. The van der Waals surface area contributed by atoms with Gasteiger partial charge >= 0.3 is 0 Å². The van der Waals surface area contributed by atoms with E-state index in [1.165, 1.54) is 16.1 Å². The summed E-state index contributed by atoms with van der Waals surface area (Å²) in [5.74, 6) is 0.909.